The predicted octanol–water partition coefficient (Wildman–Crippen LogP) is 6.22. The lowest BCUT2D eigenvalue weighted by atomic mass is 9.49. The van der Waals surface area contributed by atoms with E-state index in [-0.39, 0.29) is 29.5 Å². The number of carbonyl (C=O) groups is 1. The molecule has 172 valence electrons. The maximum absolute atomic E-state index is 13.6. The molecule has 0 aliphatic heterocycles. The van der Waals surface area contributed by atoms with Gasteiger partial charge in [-0.25, -0.2) is 4.68 Å². The Kier molecular flexibility index (Phi) is 4.93. The molecule has 1 heterocycles. The number of fused-ring (bicyclic) bond motifs is 6. The highest BCUT2D eigenvalue weighted by atomic mass is 16.3. The van der Waals surface area contributed by atoms with Gasteiger partial charge in [0.2, 0.25) is 5.88 Å². The summed E-state index contributed by atoms with van der Waals surface area (Å²) in [6.07, 6.45) is 11.9. The van der Waals surface area contributed by atoms with Crippen molar-refractivity contribution in [2.45, 2.75) is 78.2 Å². The maximum Gasteiger partial charge on any atom is 0.217 e. The Hall–Kier alpha value is -1.84. The van der Waals surface area contributed by atoms with Crippen molar-refractivity contribution in [3.8, 4) is 5.88 Å². The van der Waals surface area contributed by atoms with E-state index in [1.807, 2.05) is 24.3 Å². The van der Waals surface area contributed by atoms with Crippen molar-refractivity contribution in [3.63, 3.8) is 0 Å². The van der Waals surface area contributed by atoms with E-state index >= 15 is 0 Å². The molecule has 4 nitrogen and oxygen atoms in total. The molecule has 0 spiro atoms. The predicted molar refractivity (Wildman–Crippen MR) is 126 cm³/mol. The van der Waals surface area contributed by atoms with Gasteiger partial charge >= 0.3 is 0 Å². The fourth-order valence-corrected chi connectivity index (χ4v) is 9.05. The first-order valence-electron chi connectivity index (χ1n) is 13.1. The first-order valence-corrected chi connectivity index (χ1v) is 13.1. The lowest BCUT2D eigenvalue weighted by molar-refractivity contribution is -0.131. The third-order valence-electron chi connectivity index (χ3n) is 10.5. The summed E-state index contributed by atoms with van der Waals surface area (Å²) >= 11 is 0. The molecule has 2 aromatic rings. The number of Topliss-reactive ketones (excluding diaryl/α,β-unsaturated/α-hetero) is 1. The average Bonchev–Trinajstić information content (AvgIpc) is 3.30. The summed E-state index contributed by atoms with van der Waals surface area (Å²) in [6.45, 7) is 5.08. The summed E-state index contributed by atoms with van der Waals surface area (Å²) in [5.74, 6) is 5.82. The molecule has 8 atom stereocenters. The van der Waals surface area contributed by atoms with Crippen LogP contribution in [-0.2, 0) is 11.3 Å². The highest BCUT2D eigenvalue weighted by molar-refractivity contribution is 5.86. The van der Waals surface area contributed by atoms with Gasteiger partial charge in [0.1, 0.15) is 6.54 Å². The Morgan fingerprint density at radius 2 is 1.88 bits per heavy atom. The number of rotatable bonds is 3. The van der Waals surface area contributed by atoms with Gasteiger partial charge in [-0.3, -0.25) is 4.79 Å². The van der Waals surface area contributed by atoms with Crippen LogP contribution in [0.1, 0.15) is 71.6 Å². The molecule has 4 saturated carbocycles. The van der Waals surface area contributed by atoms with Crippen molar-refractivity contribution in [2.75, 3.05) is 0 Å². The molecule has 0 bridgehead atoms. The molecule has 1 aromatic heterocycles. The van der Waals surface area contributed by atoms with Crippen LogP contribution in [0, 0.1) is 46.8 Å². The highest BCUT2D eigenvalue weighted by Gasteiger charge is 2.58. The van der Waals surface area contributed by atoms with Gasteiger partial charge < -0.3 is 5.11 Å². The van der Waals surface area contributed by atoms with Crippen molar-refractivity contribution < 1.29 is 9.90 Å². The molecular weight excluding hydrogens is 396 g/mol. The molecule has 4 aliphatic carbocycles. The molecule has 4 aliphatic rings. The normalized spacial score (nSPS) is 41.1. The Morgan fingerprint density at radius 1 is 1.06 bits per heavy atom. The third kappa shape index (κ3) is 3.08. The number of carbonyl (C=O) groups excluding carboxylic acids is 1. The minimum atomic E-state index is 0.115. The highest BCUT2D eigenvalue weighted by Crippen LogP contribution is 2.64. The number of aromatic hydroxyl groups is 1. The van der Waals surface area contributed by atoms with E-state index in [1.54, 1.807) is 0 Å². The number of ketones is 1. The summed E-state index contributed by atoms with van der Waals surface area (Å²) in [7, 11) is 0. The maximum atomic E-state index is 13.6. The van der Waals surface area contributed by atoms with Gasteiger partial charge in [0, 0.05) is 5.92 Å². The van der Waals surface area contributed by atoms with Crippen molar-refractivity contribution in [3.05, 3.63) is 24.3 Å². The summed E-state index contributed by atoms with van der Waals surface area (Å²) in [4.78, 5) is 13.6. The molecule has 4 heteroatoms. The van der Waals surface area contributed by atoms with E-state index in [2.05, 4.69) is 18.9 Å². The second-order valence-corrected chi connectivity index (χ2v) is 12.0. The van der Waals surface area contributed by atoms with Crippen LogP contribution < -0.4 is 0 Å². The van der Waals surface area contributed by atoms with E-state index in [4.69, 9.17) is 0 Å². The Bertz CT molecular complexity index is 1030. The van der Waals surface area contributed by atoms with Crippen LogP contribution in [0.5, 0.6) is 5.88 Å². The van der Waals surface area contributed by atoms with E-state index < -0.39 is 0 Å². The minimum absolute atomic E-state index is 0.115. The number of hydrogen-bond donors (Lipinski definition) is 1. The van der Waals surface area contributed by atoms with E-state index in [1.165, 1.54) is 56.0 Å². The van der Waals surface area contributed by atoms with E-state index in [0.717, 1.165) is 46.9 Å². The van der Waals surface area contributed by atoms with Crippen molar-refractivity contribution in [1.29, 1.82) is 0 Å². The first kappa shape index (κ1) is 20.7. The van der Waals surface area contributed by atoms with Crippen molar-refractivity contribution in [2.24, 2.45) is 46.8 Å². The molecular formula is C28H38N2O2. The van der Waals surface area contributed by atoms with Gasteiger partial charge in [-0.2, -0.15) is 5.10 Å². The molecule has 0 amide bonds. The molecule has 32 heavy (non-hydrogen) atoms. The second-order valence-electron chi connectivity index (χ2n) is 12.0. The molecule has 1 N–H and O–H groups in total. The first-order chi connectivity index (χ1) is 15.5. The quantitative estimate of drug-likeness (QED) is 0.624. The van der Waals surface area contributed by atoms with Crippen molar-refractivity contribution in [1.82, 2.24) is 9.78 Å². The summed E-state index contributed by atoms with van der Waals surface area (Å²) in [5.41, 5.74) is 0.891. The fourth-order valence-electron chi connectivity index (χ4n) is 9.05. The van der Waals surface area contributed by atoms with Gasteiger partial charge in [0.25, 0.3) is 0 Å². The lowest BCUT2D eigenvalue weighted by Crippen LogP contribution is -2.49. The summed E-state index contributed by atoms with van der Waals surface area (Å²) < 4.78 is 1.53. The zero-order valence-corrected chi connectivity index (χ0v) is 19.7. The zero-order chi connectivity index (χ0) is 22.0. The molecule has 0 radical (unpaired) electrons. The molecule has 1 aromatic carbocycles. The topological polar surface area (TPSA) is 55.1 Å². The summed E-state index contributed by atoms with van der Waals surface area (Å²) in [6, 6.07) is 7.59. The minimum Gasteiger partial charge on any atom is -0.493 e. The van der Waals surface area contributed by atoms with Crippen LogP contribution in [0.25, 0.3) is 10.9 Å². The zero-order valence-electron chi connectivity index (χ0n) is 19.7. The van der Waals surface area contributed by atoms with Crippen LogP contribution >= 0.6 is 0 Å². The molecule has 8 unspecified atom stereocenters. The molecule has 4 fully saturated rings. The monoisotopic (exact) mass is 434 g/mol. The standard InChI is InChI=1S/C28H38N2O2/c1-17-7-9-19-18(15-17)8-10-21-20(19)13-14-28(2)23(21)11-12-24(28)26(31)16-30-27(32)22-5-3-4-6-25(22)29-30/h3-6,17-21,23-24,32H,7-16H2,1-2H3. The van der Waals surface area contributed by atoms with Crippen LogP contribution in [0.4, 0.5) is 0 Å². The van der Waals surface area contributed by atoms with E-state index in [9.17, 15) is 9.90 Å². The third-order valence-corrected chi connectivity index (χ3v) is 10.5. The largest absolute Gasteiger partial charge is 0.493 e. The Morgan fingerprint density at radius 3 is 2.72 bits per heavy atom. The van der Waals surface area contributed by atoms with Crippen LogP contribution in [-0.4, -0.2) is 20.7 Å². The Labute approximate surface area is 191 Å². The average molecular weight is 435 g/mol. The lowest BCUT2D eigenvalue weighted by Gasteiger charge is -2.56. The van der Waals surface area contributed by atoms with Gasteiger partial charge in [0.15, 0.2) is 5.78 Å². The van der Waals surface area contributed by atoms with Crippen molar-refractivity contribution >= 4 is 16.7 Å². The number of aromatic nitrogens is 2. The van der Waals surface area contributed by atoms with E-state index in [0.29, 0.717) is 5.92 Å². The second kappa shape index (κ2) is 7.60. The van der Waals surface area contributed by atoms with Gasteiger partial charge in [-0.15, -0.1) is 0 Å². The fraction of sp³-hybridized carbons (Fsp3) is 0.714. The number of nitrogens with zero attached hydrogens (tertiary/aromatic N) is 2. The Balaban J connectivity index is 1.21. The van der Waals surface area contributed by atoms with Gasteiger partial charge in [-0.05, 0) is 104 Å². The number of benzene rings is 1. The van der Waals surface area contributed by atoms with Crippen LogP contribution in [0.2, 0.25) is 0 Å². The number of hydrogen-bond acceptors (Lipinski definition) is 3. The smallest absolute Gasteiger partial charge is 0.217 e. The molecule has 0 saturated heterocycles. The SMILES string of the molecule is CC1CCC2C(CCC3C2CCC2(C)C(C(=O)Cn4nc5ccccc5c4O)CCC32)C1. The molecule has 6 rings (SSSR count). The van der Waals surface area contributed by atoms with Gasteiger partial charge in [0.05, 0.1) is 10.9 Å². The summed E-state index contributed by atoms with van der Waals surface area (Å²) in [5, 5.41) is 15.9. The van der Waals surface area contributed by atoms with Gasteiger partial charge in [-0.1, -0.05) is 32.4 Å². The van der Waals surface area contributed by atoms with Crippen LogP contribution in [0.15, 0.2) is 24.3 Å². The van der Waals surface area contributed by atoms with Crippen LogP contribution in [0.3, 0.4) is 0 Å².